The molecule has 0 unspecified atom stereocenters. The molecule has 4 aromatic rings. The van der Waals surface area contributed by atoms with E-state index in [1.54, 1.807) is 18.2 Å². The van der Waals surface area contributed by atoms with Gasteiger partial charge in [-0.2, -0.15) is 0 Å². The molecule has 4 bridgehead atoms. The molecule has 0 radical (unpaired) electrons. The van der Waals surface area contributed by atoms with Gasteiger partial charge in [0.2, 0.25) is 0 Å². The Morgan fingerprint density at radius 3 is 2.20 bits per heavy atom. The first-order chi connectivity index (χ1) is 26.6. The van der Waals surface area contributed by atoms with Crippen molar-refractivity contribution in [3.05, 3.63) is 125 Å². The molecule has 0 aromatic heterocycles. The maximum absolute atomic E-state index is 13.2. The summed E-state index contributed by atoms with van der Waals surface area (Å²) in [4.78, 5) is 15.3. The zero-order valence-corrected chi connectivity index (χ0v) is 31.9. The first-order valence-electron chi connectivity index (χ1n) is 20.0. The van der Waals surface area contributed by atoms with E-state index in [4.69, 9.17) is 9.47 Å². The molecule has 5 atom stereocenters. The number of aliphatic hydroxyl groups is 2. The number of carbonyl (C=O) groups is 1. The van der Waals surface area contributed by atoms with Gasteiger partial charge in [-0.05, 0) is 121 Å². The fourth-order valence-electron chi connectivity index (χ4n) is 10.3. The molecule has 1 heterocycles. The van der Waals surface area contributed by atoms with Gasteiger partial charge in [0, 0.05) is 36.7 Å². The zero-order valence-electron chi connectivity index (χ0n) is 31.9. The second-order valence-electron chi connectivity index (χ2n) is 17.0. The van der Waals surface area contributed by atoms with Crippen molar-refractivity contribution >= 4 is 6.03 Å². The van der Waals surface area contributed by atoms with E-state index in [2.05, 4.69) is 52.8 Å². The van der Waals surface area contributed by atoms with Crippen LogP contribution in [0, 0.1) is 23.7 Å². The number of ether oxygens (including phenoxy) is 2. The smallest absolute Gasteiger partial charge is 0.315 e. The molecule has 9 heteroatoms. The van der Waals surface area contributed by atoms with Gasteiger partial charge in [0.15, 0.2) is 6.29 Å². The van der Waals surface area contributed by atoms with Crippen LogP contribution in [0.5, 0.6) is 5.75 Å². The van der Waals surface area contributed by atoms with Crippen LogP contribution in [0.4, 0.5) is 4.79 Å². The molecule has 1 saturated heterocycles. The van der Waals surface area contributed by atoms with Crippen molar-refractivity contribution in [2.24, 2.45) is 23.7 Å². The number of benzene rings is 4. The van der Waals surface area contributed by atoms with Gasteiger partial charge in [-0.15, -0.1) is 0 Å². The van der Waals surface area contributed by atoms with Crippen molar-refractivity contribution in [3.63, 3.8) is 0 Å². The Hall–Kier alpha value is -4.25. The molecule has 1 aliphatic heterocycles. The van der Waals surface area contributed by atoms with Crippen molar-refractivity contribution in [2.75, 3.05) is 20.1 Å². The average Bonchev–Trinajstić information content (AvgIpc) is 3.17. The number of rotatable bonds is 12. The largest absolute Gasteiger partial charge is 0.508 e. The standard InChI is InChI=1S/C46H55N3O6/c1-29-42(27-49(2)26-41(52)38-9-5-11-40(51)21-38)54-44(55-43(29)35-14-12-30(28-50)13-15-35)39-10-4-8-37(20-39)36-7-3-6-31(19-36)25-47-45(53)48-46-22-32-16-33(23-46)18-34(17-32)24-46/h3-15,19-21,29,32-34,41-44,50-52H,16-18,22-28H2,1-2H3,(H2,47,48,53)/t29-,32?,33?,34?,41-,42+,43+,44+,46?/m1/s1. The second-order valence-corrected chi connectivity index (χ2v) is 17.0. The first-order valence-corrected chi connectivity index (χ1v) is 20.0. The number of hydrogen-bond donors (Lipinski definition) is 5. The minimum Gasteiger partial charge on any atom is -0.508 e. The van der Waals surface area contributed by atoms with Crippen LogP contribution in [0.3, 0.4) is 0 Å². The van der Waals surface area contributed by atoms with Gasteiger partial charge in [0.25, 0.3) is 0 Å². The van der Waals surface area contributed by atoms with Crippen LogP contribution in [-0.4, -0.2) is 58.0 Å². The van der Waals surface area contributed by atoms with Crippen LogP contribution >= 0.6 is 0 Å². The summed E-state index contributed by atoms with van der Waals surface area (Å²) < 4.78 is 13.5. The summed E-state index contributed by atoms with van der Waals surface area (Å²) in [6, 6.07) is 31.1. The van der Waals surface area contributed by atoms with Crippen LogP contribution in [0.25, 0.3) is 11.1 Å². The van der Waals surface area contributed by atoms with E-state index in [1.807, 2.05) is 55.6 Å². The van der Waals surface area contributed by atoms with Gasteiger partial charge in [0.1, 0.15) is 5.75 Å². The molecule has 5 N–H and O–H groups in total. The number of nitrogens with zero attached hydrogens (tertiary/aromatic N) is 1. The van der Waals surface area contributed by atoms with Crippen molar-refractivity contribution in [1.82, 2.24) is 15.5 Å². The second kappa shape index (κ2) is 16.1. The lowest BCUT2D eigenvalue weighted by atomic mass is 9.53. The zero-order chi connectivity index (χ0) is 38.1. The third kappa shape index (κ3) is 8.61. The van der Waals surface area contributed by atoms with Crippen LogP contribution in [0.2, 0.25) is 0 Å². The number of nitrogens with one attached hydrogen (secondary N) is 2. The van der Waals surface area contributed by atoms with Gasteiger partial charge >= 0.3 is 6.03 Å². The molecule has 4 saturated carbocycles. The van der Waals surface area contributed by atoms with Crippen LogP contribution in [0.15, 0.2) is 97.1 Å². The predicted octanol–water partition coefficient (Wildman–Crippen LogP) is 7.78. The monoisotopic (exact) mass is 745 g/mol. The SMILES string of the molecule is C[C@@H]1[C@H](CN(C)C[C@@H](O)c2cccc(O)c2)O[C@H](c2cccc(-c3cccc(CNC(=O)NC45CC6CC(CC(C6)C4)C5)c3)c2)O[C@@H]1c1ccc(CO)cc1. The van der Waals surface area contributed by atoms with Gasteiger partial charge in [-0.1, -0.05) is 79.7 Å². The van der Waals surface area contributed by atoms with Crippen molar-refractivity contribution in [3.8, 4) is 16.9 Å². The van der Waals surface area contributed by atoms with E-state index < -0.39 is 12.4 Å². The van der Waals surface area contributed by atoms with Crippen LogP contribution in [0.1, 0.15) is 91.8 Å². The number of carbonyl (C=O) groups excluding carboxylic acids is 1. The van der Waals surface area contributed by atoms with Crippen molar-refractivity contribution in [1.29, 1.82) is 0 Å². The fraction of sp³-hybridized carbons (Fsp3) is 0.457. The third-order valence-electron chi connectivity index (χ3n) is 12.6. The lowest BCUT2D eigenvalue weighted by molar-refractivity contribution is -0.276. The lowest BCUT2D eigenvalue weighted by Crippen LogP contribution is -2.61. The number of urea groups is 1. The fourth-order valence-corrected chi connectivity index (χ4v) is 10.3. The number of amides is 2. The molecule has 5 aliphatic rings. The quantitative estimate of drug-likeness (QED) is 0.100. The minimum absolute atomic E-state index is 0.0211. The van der Waals surface area contributed by atoms with Gasteiger partial charge in [0.05, 0.1) is 24.9 Å². The van der Waals surface area contributed by atoms with E-state index in [0.717, 1.165) is 70.4 Å². The van der Waals surface area contributed by atoms with Gasteiger partial charge in [-0.25, -0.2) is 4.79 Å². The highest BCUT2D eigenvalue weighted by Gasteiger charge is 2.51. The molecule has 2 amide bonds. The van der Waals surface area contributed by atoms with Gasteiger partial charge in [-0.3, -0.25) is 0 Å². The van der Waals surface area contributed by atoms with E-state index in [-0.39, 0.29) is 42.1 Å². The maximum atomic E-state index is 13.2. The summed E-state index contributed by atoms with van der Waals surface area (Å²) >= 11 is 0. The number of aromatic hydroxyl groups is 1. The highest BCUT2D eigenvalue weighted by atomic mass is 16.7. The van der Waals surface area contributed by atoms with Crippen LogP contribution in [-0.2, 0) is 22.6 Å². The highest BCUT2D eigenvalue weighted by molar-refractivity contribution is 5.75. The Balaban J connectivity index is 0.962. The molecule has 5 fully saturated rings. The van der Waals surface area contributed by atoms with Crippen molar-refractivity contribution in [2.45, 2.75) is 88.7 Å². The predicted molar refractivity (Wildman–Crippen MR) is 212 cm³/mol. The summed E-state index contributed by atoms with van der Waals surface area (Å²) in [6.45, 7) is 3.46. The molecule has 4 aromatic carbocycles. The summed E-state index contributed by atoms with van der Waals surface area (Å²) in [5, 5.41) is 37.2. The normalized spacial score (nSPS) is 28.9. The number of likely N-dealkylation sites (N-methyl/N-ethyl adjacent to an activating group) is 1. The number of aliphatic hydroxyl groups excluding tert-OH is 2. The van der Waals surface area contributed by atoms with Crippen molar-refractivity contribution < 1.29 is 29.6 Å². The summed E-state index contributed by atoms with van der Waals surface area (Å²) in [6.07, 6.45) is 5.50. The van der Waals surface area contributed by atoms with E-state index in [0.29, 0.717) is 25.2 Å². The Labute approximate surface area is 324 Å². The van der Waals surface area contributed by atoms with Gasteiger partial charge < -0.3 is 40.3 Å². The molecule has 9 rings (SSSR count). The molecular formula is C46H55N3O6. The molecule has 4 aliphatic carbocycles. The molecule has 55 heavy (non-hydrogen) atoms. The number of phenolic OH excluding ortho intramolecular Hbond substituents is 1. The van der Waals surface area contributed by atoms with E-state index >= 15 is 0 Å². The summed E-state index contributed by atoms with van der Waals surface area (Å²) in [5.41, 5.74) is 6.48. The topological polar surface area (TPSA) is 124 Å². The Morgan fingerprint density at radius 2 is 1.51 bits per heavy atom. The average molecular weight is 746 g/mol. The lowest BCUT2D eigenvalue weighted by Gasteiger charge is -2.56. The highest BCUT2D eigenvalue weighted by Crippen LogP contribution is 2.55. The molecular weight excluding hydrogens is 691 g/mol. The van der Waals surface area contributed by atoms with Crippen LogP contribution < -0.4 is 10.6 Å². The Kier molecular flexibility index (Phi) is 11.0. The number of phenols is 1. The Bertz CT molecular complexity index is 1910. The minimum atomic E-state index is -0.774. The van der Waals surface area contributed by atoms with E-state index in [9.17, 15) is 20.1 Å². The maximum Gasteiger partial charge on any atom is 0.315 e. The molecule has 290 valence electrons. The third-order valence-corrected chi connectivity index (χ3v) is 12.6. The molecule has 9 nitrogen and oxygen atoms in total. The summed E-state index contributed by atoms with van der Waals surface area (Å²) in [7, 11) is 1.97. The summed E-state index contributed by atoms with van der Waals surface area (Å²) in [5.74, 6) is 2.43. The van der Waals surface area contributed by atoms with E-state index in [1.165, 1.54) is 19.3 Å². The molecule has 0 spiro atoms. The number of hydrogen-bond acceptors (Lipinski definition) is 7. The Morgan fingerprint density at radius 1 is 0.836 bits per heavy atom. The first kappa shape index (κ1) is 37.7.